The SMILES string of the molecule is CCC(O)c1ccn(Cc2nc(C)cs2)c1. The molecule has 2 rings (SSSR count). The predicted octanol–water partition coefficient (Wildman–Crippen LogP) is 2.74. The molecule has 0 bridgehead atoms. The van der Waals surface area contributed by atoms with Gasteiger partial charge in [0.1, 0.15) is 5.01 Å². The highest BCUT2D eigenvalue weighted by Gasteiger charge is 2.07. The Labute approximate surface area is 99.4 Å². The molecule has 3 nitrogen and oxygen atoms in total. The van der Waals surface area contributed by atoms with Crippen molar-refractivity contribution in [2.24, 2.45) is 0 Å². The zero-order valence-corrected chi connectivity index (χ0v) is 10.4. The number of aryl methyl sites for hydroxylation is 1. The van der Waals surface area contributed by atoms with Crippen LogP contribution in [0.15, 0.2) is 23.8 Å². The largest absolute Gasteiger partial charge is 0.388 e. The van der Waals surface area contributed by atoms with Crippen molar-refractivity contribution >= 4 is 11.3 Å². The maximum Gasteiger partial charge on any atom is 0.113 e. The van der Waals surface area contributed by atoms with Gasteiger partial charge in [-0.25, -0.2) is 4.98 Å². The molecule has 0 spiro atoms. The van der Waals surface area contributed by atoms with Crippen molar-refractivity contribution in [3.05, 3.63) is 40.1 Å². The summed E-state index contributed by atoms with van der Waals surface area (Å²) in [6, 6.07) is 1.97. The highest BCUT2D eigenvalue weighted by molar-refractivity contribution is 7.09. The van der Waals surface area contributed by atoms with Crippen molar-refractivity contribution in [1.82, 2.24) is 9.55 Å². The van der Waals surface area contributed by atoms with Crippen LogP contribution in [-0.2, 0) is 6.54 Å². The summed E-state index contributed by atoms with van der Waals surface area (Å²) >= 11 is 1.67. The number of aliphatic hydroxyl groups excluding tert-OH is 1. The van der Waals surface area contributed by atoms with Gasteiger partial charge in [-0.05, 0) is 25.0 Å². The Morgan fingerprint density at radius 3 is 3.00 bits per heavy atom. The molecule has 2 heterocycles. The van der Waals surface area contributed by atoms with Crippen LogP contribution in [0.5, 0.6) is 0 Å². The summed E-state index contributed by atoms with van der Waals surface area (Å²) in [6.07, 6.45) is 4.38. The molecule has 2 aromatic heterocycles. The van der Waals surface area contributed by atoms with Gasteiger partial charge in [-0.2, -0.15) is 0 Å². The lowest BCUT2D eigenvalue weighted by Crippen LogP contribution is -1.97. The maximum absolute atomic E-state index is 9.69. The average Bonchev–Trinajstić information content (AvgIpc) is 2.87. The van der Waals surface area contributed by atoms with Crippen molar-refractivity contribution in [3.8, 4) is 0 Å². The fraction of sp³-hybridized carbons (Fsp3) is 0.417. The Morgan fingerprint density at radius 2 is 2.38 bits per heavy atom. The molecule has 86 valence electrons. The van der Waals surface area contributed by atoms with Crippen LogP contribution in [-0.4, -0.2) is 14.7 Å². The summed E-state index contributed by atoms with van der Waals surface area (Å²) in [4.78, 5) is 4.42. The van der Waals surface area contributed by atoms with E-state index >= 15 is 0 Å². The van der Waals surface area contributed by atoms with E-state index in [0.29, 0.717) is 0 Å². The van der Waals surface area contributed by atoms with Crippen LogP contribution in [0.2, 0.25) is 0 Å². The van der Waals surface area contributed by atoms with Crippen LogP contribution in [0, 0.1) is 6.92 Å². The first-order valence-corrected chi connectivity index (χ1v) is 6.31. The number of hydrogen-bond acceptors (Lipinski definition) is 3. The minimum absolute atomic E-state index is 0.348. The van der Waals surface area contributed by atoms with E-state index < -0.39 is 0 Å². The molecule has 16 heavy (non-hydrogen) atoms. The van der Waals surface area contributed by atoms with Gasteiger partial charge >= 0.3 is 0 Å². The molecule has 0 saturated heterocycles. The van der Waals surface area contributed by atoms with Gasteiger partial charge in [-0.3, -0.25) is 0 Å². The summed E-state index contributed by atoms with van der Waals surface area (Å²) in [6.45, 7) is 4.77. The van der Waals surface area contributed by atoms with Crippen LogP contribution < -0.4 is 0 Å². The van der Waals surface area contributed by atoms with Gasteiger partial charge in [0.2, 0.25) is 0 Å². The minimum Gasteiger partial charge on any atom is -0.388 e. The van der Waals surface area contributed by atoms with Gasteiger partial charge in [0.25, 0.3) is 0 Å². The van der Waals surface area contributed by atoms with Gasteiger partial charge in [0, 0.05) is 23.5 Å². The molecule has 0 aliphatic rings. The molecule has 0 aliphatic carbocycles. The smallest absolute Gasteiger partial charge is 0.113 e. The van der Waals surface area contributed by atoms with Crippen molar-refractivity contribution in [2.45, 2.75) is 32.9 Å². The highest BCUT2D eigenvalue weighted by atomic mass is 32.1. The lowest BCUT2D eigenvalue weighted by Gasteiger charge is -2.03. The minimum atomic E-state index is -0.348. The number of aromatic nitrogens is 2. The lowest BCUT2D eigenvalue weighted by molar-refractivity contribution is 0.173. The molecule has 0 saturated carbocycles. The van der Waals surface area contributed by atoms with E-state index in [9.17, 15) is 5.11 Å². The molecule has 0 radical (unpaired) electrons. The fourth-order valence-electron chi connectivity index (χ4n) is 1.62. The zero-order chi connectivity index (χ0) is 11.5. The first-order valence-electron chi connectivity index (χ1n) is 5.43. The monoisotopic (exact) mass is 236 g/mol. The van der Waals surface area contributed by atoms with Crippen LogP contribution >= 0.6 is 11.3 Å². The number of aliphatic hydroxyl groups is 1. The Balaban J connectivity index is 2.08. The molecule has 1 N–H and O–H groups in total. The molecule has 0 aromatic carbocycles. The topological polar surface area (TPSA) is 38.0 Å². The van der Waals surface area contributed by atoms with E-state index in [1.165, 1.54) is 0 Å². The Bertz CT molecular complexity index is 461. The molecule has 1 unspecified atom stereocenters. The number of rotatable bonds is 4. The van der Waals surface area contributed by atoms with Crippen LogP contribution in [0.1, 0.15) is 35.7 Å². The zero-order valence-electron chi connectivity index (χ0n) is 9.55. The first kappa shape index (κ1) is 11.4. The van der Waals surface area contributed by atoms with E-state index in [0.717, 1.165) is 29.2 Å². The van der Waals surface area contributed by atoms with Crippen LogP contribution in [0.25, 0.3) is 0 Å². The van der Waals surface area contributed by atoms with Gasteiger partial charge < -0.3 is 9.67 Å². The quantitative estimate of drug-likeness (QED) is 0.886. The second kappa shape index (κ2) is 4.80. The average molecular weight is 236 g/mol. The molecule has 0 aliphatic heterocycles. The summed E-state index contributed by atoms with van der Waals surface area (Å²) in [7, 11) is 0. The van der Waals surface area contributed by atoms with Crippen molar-refractivity contribution in [2.75, 3.05) is 0 Å². The highest BCUT2D eigenvalue weighted by Crippen LogP contribution is 2.17. The predicted molar refractivity (Wildman–Crippen MR) is 65.6 cm³/mol. The Kier molecular flexibility index (Phi) is 3.41. The second-order valence-corrected chi connectivity index (χ2v) is 4.87. The third-order valence-electron chi connectivity index (χ3n) is 2.53. The molecule has 0 fully saturated rings. The van der Waals surface area contributed by atoms with Crippen LogP contribution in [0.4, 0.5) is 0 Å². The van der Waals surface area contributed by atoms with Crippen LogP contribution in [0.3, 0.4) is 0 Å². The normalized spacial score (nSPS) is 12.9. The second-order valence-electron chi connectivity index (χ2n) is 3.92. The summed E-state index contributed by atoms with van der Waals surface area (Å²) in [5.74, 6) is 0. The molecule has 1 atom stereocenters. The van der Waals surface area contributed by atoms with E-state index in [4.69, 9.17) is 0 Å². The Hall–Kier alpha value is -1.13. The molecule has 0 amide bonds. The third kappa shape index (κ3) is 2.51. The van der Waals surface area contributed by atoms with Crippen molar-refractivity contribution < 1.29 is 5.11 Å². The number of thiazole rings is 1. The Morgan fingerprint density at radius 1 is 1.56 bits per heavy atom. The van der Waals surface area contributed by atoms with E-state index in [1.54, 1.807) is 11.3 Å². The van der Waals surface area contributed by atoms with Crippen molar-refractivity contribution in [3.63, 3.8) is 0 Å². The molecule has 4 heteroatoms. The maximum atomic E-state index is 9.69. The molecular formula is C12H16N2OS. The van der Waals surface area contributed by atoms with E-state index in [-0.39, 0.29) is 6.10 Å². The van der Waals surface area contributed by atoms with Gasteiger partial charge in [0.05, 0.1) is 12.6 Å². The van der Waals surface area contributed by atoms with Gasteiger partial charge in [0.15, 0.2) is 0 Å². The molecule has 2 aromatic rings. The standard InChI is InChI=1S/C12H16N2OS/c1-3-11(15)10-4-5-14(6-10)7-12-13-9(2)8-16-12/h4-6,8,11,15H,3,7H2,1-2H3. The summed E-state index contributed by atoms with van der Waals surface area (Å²) in [5, 5.41) is 12.8. The summed E-state index contributed by atoms with van der Waals surface area (Å²) in [5.41, 5.74) is 2.05. The summed E-state index contributed by atoms with van der Waals surface area (Å²) < 4.78 is 2.06. The van der Waals surface area contributed by atoms with E-state index in [1.807, 2.05) is 32.3 Å². The lowest BCUT2D eigenvalue weighted by atomic mass is 10.1. The first-order chi connectivity index (χ1) is 7.69. The number of nitrogens with zero attached hydrogens (tertiary/aromatic N) is 2. The number of hydrogen-bond donors (Lipinski definition) is 1. The third-order valence-corrected chi connectivity index (χ3v) is 3.48. The van der Waals surface area contributed by atoms with Gasteiger partial charge in [-0.15, -0.1) is 11.3 Å². The fourth-order valence-corrected chi connectivity index (χ4v) is 2.40. The molecular weight excluding hydrogens is 220 g/mol. The van der Waals surface area contributed by atoms with Crippen molar-refractivity contribution in [1.29, 1.82) is 0 Å². The van der Waals surface area contributed by atoms with E-state index in [2.05, 4.69) is 14.9 Å². The van der Waals surface area contributed by atoms with Gasteiger partial charge in [-0.1, -0.05) is 6.92 Å².